The number of nitrogens with zero attached hydrogens (tertiary/aromatic N) is 2. The van der Waals surface area contributed by atoms with Gasteiger partial charge in [0.25, 0.3) is 5.69 Å². The third-order valence-corrected chi connectivity index (χ3v) is 2.98. The molecule has 0 aliphatic heterocycles. The second kappa shape index (κ2) is 5.72. The molecule has 0 heterocycles. The topological polar surface area (TPSA) is 46.4 Å². The number of rotatable bonds is 4. The molecule has 92 valence electrons. The predicted molar refractivity (Wildman–Crippen MR) is 72.3 cm³/mol. The molecule has 1 aromatic carbocycles. The molecule has 0 aliphatic carbocycles. The minimum absolute atomic E-state index is 0.181. The fraction of sp³-hybridized carbons (Fsp3) is 0.333. The highest BCUT2D eigenvalue weighted by molar-refractivity contribution is 7.98. The molecule has 0 amide bonds. The Morgan fingerprint density at radius 2 is 2.06 bits per heavy atom. The van der Waals surface area contributed by atoms with Crippen LogP contribution in [0.3, 0.4) is 0 Å². The zero-order valence-electron chi connectivity index (χ0n) is 10.4. The van der Waals surface area contributed by atoms with Crippen molar-refractivity contribution in [1.82, 2.24) is 4.90 Å². The standard InChI is InChI=1S/C12H16N2O2S/c1-9-7-11(17-4)8-10(5-6-13(2)3)12(9)14(15)16/h5-8H,1-4H3. The summed E-state index contributed by atoms with van der Waals surface area (Å²) in [6.07, 6.45) is 5.54. The van der Waals surface area contributed by atoms with Crippen LogP contribution in [0.5, 0.6) is 0 Å². The molecule has 0 spiro atoms. The van der Waals surface area contributed by atoms with Crippen molar-refractivity contribution in [1.29, 1.82) is 0 Å². The quantitative estimate of drug-likeness (QED) is 0.469. The second-order valence-corrected chi connectivity index (χ2v) is 4.80. The van der Waals surface area contributed by atoms with Gasteiger partial charge in [-0.05, 0) is 37.6 Å². The van der Waals surface area contributed by atoms with Gasteiger partial charge < -0.3 is 4.90 Å². The lowest BCUT2D eigenvalue weighted by Gasteiger charge is -2.07. The molecule has 0 unspecified atom stereocenters. The van der Waals surface area contributed by atoms with Gasteiger partial charge in [-0.2, -0.15) is 0 Å². The van der Waals surface area contributed by atoms with Crippen LogP contribution in [0.1, 0.15) is 11.1 Å². The van der Waals surface area contributed by atoms with E-state index in [-0.39, 0.29) is 10.6 Å². The van der Waals surface area contributed by atoms with Crippen molar-refractivity contribution < 1.29 is 4.92 Å². The van der Waals surface area contributed by atoms with Crippen molar-refractivity contribution in [3.63, 3.8) is 0 Å². The number of thioether (sulfide) groups is 1. The van der Waals surface area contributed by atoms with Gasteiger partial charge >= 0.3 is 0 Å². The minimum atomic E-state index is -0.325. The predicted octanol–water partition coefficient (Wildman–Crippen LogP) is 3.16. The fourth-order valence-corrected chi connectivity index (χ4v) is 2.04. The van der Waals surface area contributed by atoms with Crippen molar-refractivity contribution in [3.8, 4) is 0 Å². The van der Waals surface area contributed by atoms with Crippen LogP contribution in [0.2, 0.25) is 0 Å². The van der Waals surface area contributed by atoms with Gasteiger partial charge in [0.15, 0.2) is 0 Å². The molecular formula is C12H16N2O2S. The van der Waals surface area contributed by atoms with Crippen molar-refractivity contribution in [2.75, 3.05) is 20.4 Å². The van der Waals surface area contributed by atoms with E-state index >= 15 is 0 Å². The van der Waals surface area contributed by atoms with Crippen LogP contribution in [0.4, 0.5) is 5.69 Å². The fourth-order valence-electron chi connectivity index (χ4n) is 1.50. The van der Waals surface area contributed by atoms with Crippen molar-refractivity contribution >= 4 is 23.5 Å². The molecule has 0 N–H and O–H groups in total. The molecule has 0 bridgehead atoms. The number of benzene rings is 1. The summed E-state index contributed by atoms with van der Waals surface area (Å²) in [5.74, 6) is 0. The molecule has 0 atom stereocenters. The van der Waals surface area contributed by atoms with Crippen LogP contribution < -0.4 is 0 Å². The monoisotopic (exact) mass is 252 g/mol. The molecule has 4 nitrogen and oxygen atoms in total. The zero-order valence-corrected chi connectivity index (χ0v) is 11.2. The lowest BCUT2D eigenvalue weighted by atomic mass is 10.1. The van der Waals surface area contributed by atoms with Crippen LogP contribution in [0.15, 0.2) is 23.2 Å². The number of nitro benzene ring substituents is 1. The smallest absolute Gasteiger partial charge is 0.279 e. The SMILES string of the molecule is CSc1cc(C)c([N+](=O)[O-])c(C=CN(C)C)c1. The first-order valence-electron chi connectivity index (χ1n) is 5.13. The van der Waals surface area contributed by atoms with Crippen LogP contribution >= 0.6 is 11.8 Å². The van der Waals surface area contributed by atoms with Gasteiger partial charge in [-0.1, -0.05) is 0 Å². The average Bonchev–Trinajstić information content (AvgIpc) is 2.24. The van der Waals surface area contributed by atoms with Crippen molar-refractivity contribution in [2.24, 2.45) is 0 Å². The second-order valence-electron chi connectivity index (χ2n) is 3.92. The van der Waals surface area contributed by atoms with Gasteiger partial charge in [-0.25, -0.2) is 0 Å². The van der Waals surface area contributed by atoms with E-state index in [1.54, 1.807) is 24.8 Å². The molecule has 0 radical (unpaired) electrons. The first-order valence-corrected chi connectivity index (χ1v) is 6.36. The number of nitro groups is 1. The summed E-state index contributed by atoms with van der Waals surface area (Å²) in [6.45, 7) is 1.77. The minimum Gasteiger partial charge on any atom is -0.383 e. The number of hydrogen-bond donors (Lipinski definition) is 0. The summed E-state index contributed by atoms with van der Waals surface area (Å²) in [7, 11) is 3.77. The Kier molecular flexibility index (Phi) is 4.57. The van der Waals surface area contributed by atoms with Gasteiger partial charge in [0.2, 0.25) is 0 Å². The summed E-state index contributed by atoms with van der Waals surface area (Å²) >= 11 is 1.58. The normalized spacial score (nSPS) is 10.8. The highest BCUT2D eigenvalue weighted by Crippen LogP contribution is 2.29. The Morgan fingerprint density at radius 3 is 2.53 bits per heavy atom. The Labute approximate surface area is 105 Å². The van der Waals surface area contributed by atoms with E-state index in [1.165, 1.54) is 0 Å². The lowest BCUT2D eigenvalue weighted by molar-refractivity contribution is -0.385. The lowest BCUT2D eigenvalue weighted by Crippen LogP contribution is -2.01. The maximum absolute atomic E-state index is 11.0. The third-order valence-electron chi connectivity index (χ3n) is 2.27. The highest BCUT2D eigenvalue weighted by Gasteiger charge is 2.16. The molecule has 0 fully saturated rings. The largest absolute Gasteiger partial charge is 0.383 e. The Hall–Kier alpha value is -1.49. The van der Waals surface area contributed by atoms with Crippen LogP contribution in [-0.4, -0.2) is 30.2 Å². The Morgan fingerprint density at radius 1 is 1.41 bits per heavy atom. The van der Waals surface area contributed by atoms with E-state index in [2.05, 4.69) is 0 Å². The molecule has 1 rings (SSSR count). The molecule has 1 aromatic rings. The molecule has 0 aromatic heterocycles. The van der Waals surface area contributed by atoms with E-state index in [0.29, 0.717) is 11.1 Å². The third kappa shape index (κ3) is 3.49. The molecule has 5 heteroatoms. The molecular weight excluding hydrogens is 236 g/mol. The Balaban J connectivity index is 3.32. The number of aryl methyl sites for hydroxylation is 1. The first kappa shape index (κ1) is 13.6. The molecule has 17 heavy (non-hydrogen) atoms. The number of hydrogen-bond acceptors (Lipinski definition) is 4. The molecule has 0 aliphatic rings. The van der Waals surface area contributed by atoms with E-state index < -0.39 is 0 Å². The van der Waals surface area contributed by atoms with Crippen LogP contribution in [0, 0.1) is 17.0 Å². The van der Waals surface area contributed by atoms with Gasteiger partial charge in [0.1, 0.15) is 0 Å². The van der Waals surface area contributed by atoms with Gasteiger partial charge in [0, 0.05) is 24.6 Å². The Bertz CT molecular complexity index is 456. The summed E-state index contributed by atoms with van der Waals surface area (Å²) in [5, 5.41) is 11.0. The van der Waals surface area contributed by atoms with Gasteiger partial charge in [-0.15, -0.1) is 11.8 Å². The molecule has 0 saturated carbocycles. The maximum atomic E-state index is 11.0. The van der Waals surface area contributed by atoms with E-state index in [0.717, 1.165) is 4.90 Å². The summed E-state index contributed by atoms with van der Waals surface area (Å²) < 4.78 is 0. The van der Waals surface area contributed by atoms with Gasteiger partial charge in [0.05, 0.1) is 10.5 Å². The average molecular weight is 252 g/mol. The van der Waals surface area contributed by atoms with Crippen LogP contribution in [-0.2, 0) is 0 Å². The van der Waals surface area contributed by atoms with E-state index in [4.69, 9.17) is 0 Å². The van der Waals surface area contributed by atoms with Crippen LogP contribution in [0.25, 0.3) is 6.08 Å². The maximum Gasteiger partial charge on any atom is 0.279 e. The van der Waals surface area contributed by atoms with Crippen molar-refractivity contribution in [3.05, 3.63) is 39.6 Å². The van der Waals surface area contributed by atoms with Gasteiger partial charge in [-0.3, -0.25) is 10.1 Å². The summed E-state index contributed by atoms with van der Waals surface area (Å²) in [5.41, 5.74) is 1.52. The zero-order chi connectivity index (χ0) is 13.0. The molecule has 0 saturated heterocycles. The summed E-state index contributed by atoms with van der Waals surface area (Å²) in [6, 6.07) is 3.69. The highest BCUT2D eigenvalue weighted by atomic mass is 32.2. The van der Waals surface area contributed by atoms with Crippen molar-refractivity contribution in [2.45, 2.75) is 11.8 Å². The first-order chi connectivity index (χ1) is 7.95. The van der Waals surface area contributed by atoms with E-state index in [1.807, 2.05) is 43.6 Å². The van der Waals surface area contributed by atoms with E-state index in [9.17, 15) is 10.1 Å². The summed E-state index contributed by atoms with van der Waals surface area (Å²) in [4.78, 5) is 13.6.